The van der Waals surface area contributed by atoms with Crippen LogP contribution in [-0.4, -0.2) is 12.1 Å². The van der Waals surface area contributed by atoms with Gasteiger partial charge in [0.1, 0.15) is 7.05 Å². The molecule has 4 aliphatic rings. The monoisotopic (exact) mass is 439 g/mol. The first-order valence-electron chi connectivity index (χ1n) is 8.87. The van der Waals surface area contributed by atoms with E-state index in [0.29, 0.717) is 6.42 Å². The van der Waals surface area contributed by atoms with Crippen molar-refractivity contribution in [2.24, 2.45) is 35.3 Å². The van der Waals surface area contributed by atoms with E-state index < -0.39 is 0 Å². The highest BCUT2D eigenvalue weighted by atomic mass is 127. The maximum absolute atomic E-state index is 12.4. The third-order valence-electron chi connectivity index (χ3n) is 6.07. The average Bonchev–Trinajstić information content (AvgIpc) is 2.45. The highest BCUT2D eigenvalue weighted by Crippen LogP contribution is 2.61. The van der Waals surface area contributed by atoms with Crippen LogP contribution in [0.25, 0.3) is 0 Å². The van der Waals surface area contributed by atoms with Gasteiger partial charge in [-0.3, -0.25) is 4.79 Å². The molecule has 1 amide bonds. The fourth-order valence-corrected chi connectivity index (χ4v) is 5.75. The summed E-state index contributed by atoms with van der Waals surface area (Å²) >= 11 is 0. The van der Waals surface area contributed by atoms with E-state index in [1.807, 2.05) is 36.1 Å². The predicted molar refractivity (Wildman–Crippen MR) is 88.6 cm³/mol. The molecule has 0 atom stereocenters. The molecule has 0 spiro atoms. The Morgan fingerprint density at radius 3 is 2.50 bits per heavy atom. The number of amides is 1. The molecule has 5 rings (SSSR count). The van der Waals surface area contributed by atoms with Crippen LogP contribution in [0.15, 0.2) is 29.6 Å². The lowest BCUT2D eigenvalue weighted by molar-refractivity contribution is -0.671. The van der Waals surface area contributed by atoms with Crippen LogP contribution >= 0.6 is 0 Å². The summed E-state index contributed by atoms with van der Waals surface area (Å²) < 4.78 is 1.97. The number of carbonyl (C=O) groups is 1. The van der Waals surface area contributed by atoms with Crippen LogP contribution < -0.4 is 34.0 Å². The highest BCUT2D eigenvalue weighted by molar-refractivity contribution is 5.82. The van der Waals surface area contributed by atoms with Crippen molar-refractivity contribution in [1.82, 2.24) is 5.43 Å². The summed E-state index contributed by atoms with van der Waals surface area (Å²) in [5.41, 5.74) is 4.02. The van der Waals surface area contributed by atoms with Crippen LogP contribution in [0.1, 0.15) is 50.5 Å². The molecule has 1 aromatic heterocycles. The standard InChI is InChI=1S/C19H25N3O.HI/c1-22-4-2-3-14(13-22)12-20-21-18(23)11-19-8-15-5-16(9-19)7-17(6-15)10-19;/h2-4,12-13,15-17H,5-11H2,1H3;1H/b20-12+;. The lowest BCUT2D eigenvalue weighted by atomic mass is 9.49. The highest BCUT2D eigenvalue weighted by Gasteiger charge is 2.51. The molecule has 1 aromatic rings. The van der Waals surface area contributed by atoms with Crippen molar-refractivity contribution < 1.29 is 33.3 Å². The maximum Gasteiger partial charge on any atom is 0.240 e. The van der Waals surface area contributed by atoms with Gasteiger partial charge in [-0.25, -0.2) is 9.99 Å². The van der Waals surface area contributed by atoms with Crippen molar-refractivity contribution in [3.63, 3.8) is 0 Å². The Bertz CT molecular complexity index is 608. The summed E-state index contributed by atoms with van der Waals surface area (Å²) in [4.78, 5) is 12.4. The zero-order valence-electron chi connectivity index (χ0n) is 14.2. The minimum Gasteiger partial charge on any atom is -1.00 e. The Labute approximate surface area is 161 Å². The lowest BCUT2D eigenvalue weighted by Crippen LogP contribution is -3.00. The number of aromatic nitrogens is 1. The molecule has 1 heterocycles. The van der Waals surface area contributed by atoms with Crippen molar-refractivity contribution in [2.45, 2.75) is 44.9 Å². The molecule has 4 fully saturated rings. The molecule has 24 heavy (non-hydrogen) atoms. The van der Waals surface area contributed by atoms with Crippen molar-refractivity contribution in [2.75, 3.05) is 0 Å². The van der Waals surface area contributed by atoms with Crippen molar-refractivity contribution in [3.8, 4) is 0 Å². The van der Waals surface area contributed by atoms with Gasteiger partial charge in [-0.15, -0.1) is 0 Å². The summed E-state index contributed by atoms with van der Waals surface area (Å²) in [5.74, 6) is 2.76. The average molecular weight is 439 g/mol. The summed E-state index contributed by atoms with van der Waals surface area (Å²) in [6.45, 7) is 0. The Morgan fingerprint density at radius 1 is 1.29 bits per heavy atom. The number of halogens is 1. The van der Waals surface area contributed by atoms with Crippen LogP contribution in [0.3, 0.4) is 0 Å². The first-order chi connectivity index (χ1) is 11.1. The molecule has 4 nitrogen and oxygen atoms in total. The normalized spacial score (nSPS) is 33.5. The van der Waals surface area contributed by atoms with Gasteiger partial charge in [0.25, 0.3) is 0 Å². The number of hydrogen-bond acceptors (Lipinski definition) is 2. The largest absolute Gasteiger partial charge is 1.00 e. The zero-order chi connectivity index (χ0) is 15.9. The second-order valence-corrected chi connectivity index (χ2v) is 8.19. The van der Waals surface area contributed by atoms with Crippen molar-refractivity contribution in [3.05, 3.63) is 30.1 Å². The van der Waals surface area contributed by atoms with E-state index in [-0.39, 0.29) is 35.3 Å². The van der Waals surface area contributed by atoms with Gasteiger partial charge in [0.05, 0.1) is 11.8 Å². The third kappa shape index (κ3) is 3.81. The number of rotatable bonds is 4. The molecule has 0 radical (unpaired) electrons. The minimum atomic E-state index is 0. The van der Waals surface area contributed by atoms with Gasteiger partial charge in [0.15, 0.2) is 12.4 Å². The van der Waals surface area contributed by atoms with E-state index in [0.717, 1.165) is 23.3 Å². The molecule has 130 valence electrons. The quantitative estimate of drug-likeness (QED) is 0.295. The zero-order valence-corrected chi connectivity index (χ0v) is 16.4. The van der Waals surface area contributed by atoms with Gasteiger partial charge in [0.2, 0.25) is 5.91 Å². The second-order valence-electron chi connectivity index (χ2n) is 8.19. The molecule has 4 aliphatic carbocycles. The molecule has 0 aromatic carbocycles. The molecule has 4 saturated carbocycles. The van der Waals surface area contributed by atoms with E-state index in [1.54, 1.807) is 6.21 Å². The fourth-order valence-electron chi connectivity index (χ4n) is 5.75. The fraction of sp³-hybridized carbons (Fsp3) is 0.632. The van der Waals surface area contributed by atoms with E-state index in [9.17, 15) is 4.79 Å². The predicted octanol–water partition coefficient (Wildman–Crippen LogP) is -0.428. The van der Waals surface area contributed by atoms with E-state index >= 15 is 0 Å². The van der Waals surface area contributed by atoms with Gasteiger partial charge in [-0.1, -0.05) is 0 Å². The Kier molecular flexibility index (Phi) is 5.27. The Balaban J connectivity index is 0.00000169. The number of nitrogens with one attached hydrogen (secondary N) is 1. The van der Waals surface area contributed by atoms with E-state index in [4.69, 9.17) is 0 Å². The van der Waals surface area contributed by atoms with Gasteiger partial charge >= 0.3 is 0 Å². The molecule has 0 aliphatic heterocycles. The third-order valence-corrected chi connectivity index (χ3v) is 6.07. The number of hydrogen-bond donors (Lipinski definition) is 1. The summed E-state index contributed by atoms with van der Waals surface area (Å²) in [6, 6.07) is 3.95. The van der Waals surface area contributed by atoms with Crippen molar-refractivity contribution >= 4 is 12.1 Å². The molecule has 5 heteroatoms. The summed E-state index contributed by atoms with van der Waals surface area (Å²) in [6.07, 6.45) is 14.4. The molecular formula is C19H26IN3O. The van der Waals surface area contributed by atoms with Crippen LogP contribution in [0, 0.1) is 23.2 Å². The van der Waals surface area contributed by atoms with Crippen LogP contribution in [0.5, 0.6) is 0 Å². The number of hydrazone groups is 1. The van der Waals surface area contributed by atoms with Crippen LogP contribution in [-0.2, 0) is 11.8 Å². The first-order valence-corrected chi connectivity index (χ1v) is 8.87. The molecule has 0 saturated heterocycles. The van der Waals surface area contributed by atoms with E-state index in [2.05, 4.69) is 10.5 Å². The Hall–Kier alpha value is -0.980. The van der Waals surface area contributed by atoms with Gasteiger partial charge in [-0.05, 0) is 67.8 Å². The number of aryl methyl sites for hydroxylation is 1. The number of carbonyl (C=O) groups excluding carboxylic acids is 1. The van der Waals surface area contributed by atoms with Gasteiger partial charge < -0.3 is 24.0 Å². The Morgan fingerprint density at radius 2 is 1.92 bits per heavy atom. The molecule has 0 unspecified atom stereocenters. The lowest BCUT2D eigenvalue weighted by Gasteiger charge is -2.56. The summed E-state index contributed by atoms with van der Waals surface area (Å²) in [5, 5.41) is 4.14. The van der Waals surface area contributed by atoms with Gasteiger partial charge in [-0.2, -0.15) is 5.10 Å². The number of pyridine rings is 1. The molecule has 4 bridgehead atoms. The topological polar surface area (TPSA) is 45.3 Å². The molecular weight excluding hydrogens is 413 g/mol. The minimum absolute atomic E-state index is 0. The first kappa shape index (κ1) is 17.8. The maximum atomic E-state index is 12.4. The molecule has 1 N–H and O–H groups in total. The second kappa shape index (κ2) is 7.10. The van der Waals surface area contributed by atoms with E-state index in [1.165, 1.54) is 38.5 Å². The smallest absolute Gasteiger partial charge is 0.240 e. The van der Waals surface area contributed by atoms with Crippen LogP contribution in [0.2, 0.25) is 0 Å². The van der Waals surface area contributed by atoms with Crippen LogP contribution in [0.4, 0.5) is 0 Å². The SMILES string of the molecule is C[n+]1cccc(/C=N/NC(=O)CC23CC4CC(CC(C4)C2)C3)c1.[I-]. The number of nitrogens with zero attached hydrogens (tertiary/aromatic N) is 2. The van der Waals surface area contributed by atoms with Gasteiger partial charge in [0, 0.05) is 12.5 Å². The van der Waals surface area contributed by atoms with Crippen molar-refractivity contribution in [1.29, 1.82) is 0 Å². The summed E-state index contributed by atoms with van der Waals surface area (Å²) in [7, 11) is 1.98.